The first-order valence-corrected chi connectivity index (χ1v) is 10.3. The third kappa shape index (κ3) is 6.04. The number of aromatic amines is 1. The quantitative estimate of drug-likeness (QED) is 0.151. The molecule has 156 valence electrons. The van der Waals surface area contributed by atoms with Crippen LogP contribution in [0.3, 0.4) is 0 Å². The van der Waals surface area contributed by atoms with E-state index in [4.69, 9.17) is 10.5 Å². The molecule has 1 fully saturated rings. The van der Waals surface area contributed by atoms with E-state index in [-0.39, 0.29) is 54.8 Å². The number of phosphoric ester groups is 1. The Morgan fingerprint density at radius 2 is 1.93 bits per heavy atom. The maximum absolute atomic E-state index is 11.8. The number of H-pyrrole nitrogens is 1. The van der Waals surface area contributed by atoms with Gasteiger partial charge in [0.25, 0.3) is 5.56 Å². The van der Waals surface area contributed by atoms with Crippen molar-refractivity contribution < 1.29 is 85.3 Å². The number of ether oxygens (including phenoxy) is 1. The number of imidazole rings is 1. The first-order valence-electron chi connectivity index (χ1n) is 7.32. The Morgan fingerprint density at radius 1 is 1.30 bits per heavy atom. The van der Waals surface area contributed by atoms with Crippen molar-refractivity contribution in [3.05, 3.63) is 16.7 Å². The fourth-order valence-corrected chi connectivity index (χ4v) is 4.08. The number of rotatable bonds is 6. The average molecular weight is 465 g/mol. The Labute approximate surface area is 191 Å². The molecule has 0 radical (unpaired) electrons. The average Bonchev–Trinajstić information content (AvgIpc) is 3.06. The van der Waals surface area contributed by atoms with E-state index in [1.165, 1.54) is 0 Å². The smallest absolute Gasteiger partial charge is 0.789 e. The van der Waals surface area contributed by atoms with Gasteiger partial charge in [-0.05, 0) is 0 Å². The SMILES string of the molecule is N[13c]1n[13c]2[13c](n[13cH]n2[13C@@H]2O[13C@H]([13CH2]OP(=O)(O)OP(=O)([O-])[O-])[13CH](O)[13C@@H]2O)[13c](=O)[nH]1.[Li+].[Li+]. The van der Waals surface area contributed by atoms with Crippen molar-refractivity contribution in [3.8, 4) is 0 Å². The molecular weight excluding hydrogens is 452 g/mol. The van der Waals surface area contributed by atoms with Crippen molar-refractivity contribution in [2.24, 2.45) is 0 Å². The summed E-state index contributed by atoms with van der Waals surface area (Å²) in [7, 11) is -11.1. The second-order valence-electron chi connectivity index (χ2n) is 5.61. The molecule has 6 N–H and O–H groups in total. The van der Waals surface area contributed by atoms with Gasteiger partial charge in [0.15, 0.2) is 17.4 Å². The van der Waals surface area contributed by atoms with Gasteiger partial charge < -0.3 is 39.9 Å². The summed E-state index contributed by atoms with van der Waals surface area (Å²) in [6.45, 7) is -0.925. The van der Waals surface area contributed by atoms with Gasteiger partial charge >= 0.3 is 45.5 Å². The Bertz CT molecular complexity index is 1040. The molecule has 0 spiro atoms. The van der Waals surface area contributed by atoms with E-state index in [2.05, 4.69) is 23.8 Å². The molecule has 1 saturated heterocycles. The van der Waals surface area contributed by atoms with Crippen LogP contribution in [0.15, 0.2) is 11.1 Å². The van der Waals surface area contributed by atoms with E-state index in [1.807, 2.05) is 0 Å². The van der Waals surface area contributed by atoms with Gasteiger partial charge in [-0.15, -0.1) is 0 Å². The fraction of sp³-hybridized carbons (Fsp3) is 0.500. The standard InChI is InChI=1S/C10H15N5O11P2.2Li/c11-10-13-7-4(8(18)14-10)12-2-15(7)9-6(17)5(16)3(25-9)1-24-28(22,23)26-27(19,20)21;;/h2-3,5-6,9,16-17H,1H2,(H,22,23)(H2,19,20,21)(H3,11,13,14,18);;/q;2*+1/p-2/t3-,5?,6+,9-;;/m1../s1/i1+1,2+1,3+1,4+1,5+1,6+1,7+1,8+1,9+1,10+1;;. The molecule has 0 amide bonds. The number of hydrogen-bond acceptors (Lipinski definition) is 13. The molecule has 20 heteroatoms. The summed E-state index contributed by atoms with van der Waals surface area (Å²) in [6.07, 6.45) is -5.02. The van der Waals surface area contributed by atoms with Crippen molar-refractivity contribution in [2.45, 2.75) is 24.5 Å². The summed E-state index contributed by atoms with van der Waals surface area (Å²) in [5, 5.41) is 20.2. The molecular formula is C10H13Li2N5O11P2. The number of hydrogen-bond donors (Lipinski definition) is 5. The Balaban J connectivity index is 0.00000225. The molecule has 0 saturated carbocycles. The number of nitrogens with zero attached hydrogens (tertiary/aromatic N) is 3. The van der Waals surface area contributed by atoms with Crippen LogP contribution in [0.1, 0.15) is 6.23 Å². The van der Waals surface area contributed by atoms with Gasteiger partial charge in [0.1, 0.15) is 18.3 Å². The third-order valence-corrected chi connectivity index (χ3v) is 5.77. The van der Waals surface area contributed by atoms with Gasteiger partial charge in [-0.3, -0.25) is 23.2 Å². The summed E-state index contributed by atoms with van der Waals surface area (Å²) >= 11 is 0. The van der Waals surface area contributed by atoms with Gasteiger partial charge in [-0.1, -0.05) is 0 Å². The topological polar surface area (TPSA) is 258 Å². The van der Waals surface area contributed by atoms with E-state index in [0.717, 1.165) is 10.9 Å². The van der Waals surface area contributed by atoms with Crippen LogP contribution < -0.4 is 58.8 Å². The second-order valence-corrected chi connectivity index (χ2v) is 8.36. The summed E-state index contributed by atoms with van der Waals surface area (Å²) in [6, 6.07) is 0. The maximum atomic E-state index is 11.8. The molecule has 0 aromatic carbocycles. The van der Waals surface area contributed by atoms with E-state index in [0.29, 0.717) is 0 Å². The van der Waals surface area contributed by atoms with Crippen molar-refractivity contribution in [2.75, 3.05) is 12.3 Å². The van der Waals surface area contributed by atoms with Gasteiger partial charge in [-0.25, -0.2) is 9.55 Å². The minimum absolute atomic E-state index is 0. The second kappa shape index (κ2) is 9.96. The maximum Gasteiger partial charge on any atom is 1.00 e. The van der Waals surface area contributed by atoms with E-state index < -0.39 is 52.4 Å². The minimum atomic E-state index is -5.82. The molecule has 0 aliphatic carbocycles. The number of nitrogens with one attached hydrogen (secondary N) is 1. The van der Waals surface area contributed by atoms with Gasteiger partial charge in [-0.2, -0.15) is 4.98 Å². The number of phosphoric acid groups is 2. The van der Waals surface area contributed by atoms with Crippen LogP contribution in [0.4, 0.5) is 5.95 Å². The van der Waals surface area contributed by atoms with E-state index >= 15 is 0 Å². The zero-order chi connectivity index (χ0) is 20.9. The normalized spacial score (nSPS) is 26.0. The molecule has 2 aromatic heterocycles. The first-order chi connectivity index (χ1) is 12.9. The summed E-state index contributed by atoms with van der Waals surface area (Å²) in [4.78, 5) is 51.7. The Morgan fingerprint density at radius 3 is 2.53 bits per heavy atom. The molecule has 30 heavy (non-hydrogen) atoms. The van der Waals surface area contributed by atoms with Crippen molar-refractivity contribution in [3.63, 3.8) is 0 Å². The van der Waals surface area contributed by atoms with Crippen LogP contribution in [-0.4, -0.2) is 59.5 Å². The number of aromatic nitrogens is 4. The first kappa shape index (κ1) is 27.5. The van der Waals surface area contributed by atoms with Crippen LogP contribution in [0, 0.1) is 0 Å². The largest absolute Gasteiger partial charge is 1.00 e. The number of nitrogen functional groups attached to an aromatic ring is 1. The van der Waals surface area contributed by atoms with E-state index in [1.54, 1.807) is 0 Å². The number of anilines is 1. The van der Waals surface area contributed by atoms with Crippen LogP contribution in [0.2, 0.25) is 0 Å². The molecule has 2 aromatic rings. The van der Waals surface area contributed by atoms with Crippen LogP contribution in [0.25, 0.3) is 11.2 Å². The molecule has 1 aliphatic heterocycles. The van der Waals surface area contributed by atoms with Gasteiger partial charge in [0.2, 0.25) is 5.95 Å². The van der Waals surface area contributed by atoms with Gasteiger partial charge in [0, 0.05) is 0 Å². The number of fused-ring (bicyclic) bond motifs is 1. The summed E-state index contributed by atoms with van der Waals surface area (Å²) in [5.41, 5.74) is 4.59. The number of aliphatic hydroxyl groups is 2. The van der Waals surface area contributed by atoms with Crippen molar-refractivity contribution >= 4 is 32.8 Å². The van der Waals surface area contributed by atoms with Crippen molar-refractivity contribution in [1.82, 2.24) is 19.5 Å². The predicted molar refractivity (Wildman–Crippen MR) is 83.0 cm³/mol. The summed E-state index contributed by atoms with van der Waals surface area (Å²) in [5.74, 6) is -0.245. The molecule has 1 aliphatic rings. The molecule has 2 unspecified atom stereocenters. The fourth-order valence-electron chi connectivity index (χ4n) is 2.54. The van der Waals surface area contributed by atoms with Gasteiger partial charge in [0.05, 0.1) is 20.8 Å². The molecule has 5 atom stereocenters. The predicted octanol–water partition coefficient (Wildman–Crippen LogP) is -9.71. The third-order valence-electron chi connectivity index (χ3n) is 3.67. The molecule has 3 rings (SSSR count). The summed E-state index contributed by atoms with van der Waals surface area (Å²) < 4.78 is 35.9. The number of aliphatic hydroxyl groups excluding tert-OH is 2. The minimum Gasteiger partial charge on any atom is -0.789 e. The molecule has 16 nitrogen and oxygen atoms in total. The van der Waals surface area contributed by atoms with Crippen molar-refractivity contribution in [1.29, 1.82) is 0 Å². The Hall–Kier alpha value is -0.515. The Kier molecular flexibility index (Phi) is 9.13. The molecule has 0 bridgehead atoms. The van der Waals surface area contributed by atoms with Crippen LogP contribution >= 0.6 is 15.6 Å². The van der Waals surface area contributed by atoms with Crippen LogP contribution in [0.5, 0.6) is 0 Å². The molecule has 3 heterocycles. The monoisotopic (exact) mass is 465 g/mol. The number of nitrogens with two attached hydrogens (primary N) is 1. The van der Waals surface area contributed by atoms with E-state index in [9.17, 15) is 38.8 Å². The zero-order valence-electron chi connectivity index (χ0n) is 15.5. The zero-order valence-corrected chi connectivity index (χ0v) is 17.3. The van der Waals surface area contributed by atoms with Crippen LogP contribution in [-0.2, 0) is 22.7 Å².